The molecule has 5 aromatic rings. The minimum Gasteiger partial charge on any atom is -0.477 e. The number of rotatable bonds is 5. The summed E-state index contributed by atoms with van der Waals surface area (Å²) in [5.74, 6) is -1.03. The largest absolute Gasteiger partial charge is 0.477 e. The van der Waals surface area contributed by atoms with Gasteiger partial charge in [0.25, 0.3) is 0 Å². The predicted molar refractivity (Wildman–Crippen MR) is 122 cm³/mol. The highest BCUT2D eigenvalue weighted by Crippen LogP contribution is 2.39. The number of carboxylic acids is 1. The molecule has 2 heterocycles. The molecule has 0 saturated carbocycles. The Hall–Kier alpha value is -3.83. The van der Waals surface area contributed by atoms with Gasteiger partial charge in [-0.3, -0.25) is 4.68 Å². The molecule has 0 fully saturated rings. The zero-order valence-electron chi connectivity index (χ0n) is 16.4. The molecule has 0 aliphatic carbocycles. The summed E-state index contributed by atoms with van der Waals surface area (Å²) in [6.45, 7) is 0.516. The molecule has 152 valence electrons. The van der Waals surface area contributed by atoms with Gasteiger partial charge in [0.15, 0.2) is 0 Å². The molecule has 0 bridgehead atoms. The van der Waals surface area contributed by atoms with Crippen LogP contribution in [0.5, 0.6) is 0 Å². The van der Waals surface area contributed by atoms with E-state index in [-0.39, 0.29) is 5.69 Å². The summed E-state index contributed by atoms with van der Waals surface area (Å²) in [6, 6.07) is 25.2. The third-order valence-electron chi connectivity index (χ3n) is 5.31. The van der Waals surface area contributed by atoms with Gasteiger partial charge in [0.1, 0.15) is 5.69 Å². The molecule has 0 unspecified atom stereocenters. The van der Waals surface area contributed by atoms with E-state index in [1.807, 2.05) is 71.4 Å². The fraction of sp³-hybridized carbons (Fsp3) is 0.0400. The lowest BCUT2D eigenvalue weighted by Crippen LogP contribution is -2.07. The van der Waals surface area contributed by atoms with Crippen molar-refractivity contribution in [1.29, 1.82) is 0 Å². The van der Waals surface area contributed by atoms with Gasteiger partial charge in [0.05, 0.1) is 18.4 Å². The summed E-state index contributed by atoms with van der Waals surface area (Å²) in [7, 11) is 0. The van der Waals surface area contributed by atoms with E-state index in [9.17, 15) is 9.90 Å². The van der Waals surface area contributed by atoms with Crippen molar-refractivity contribution in [3.63, 3.8) is 0 Å². The van der Waals surface area contributed by atoms with E-state index in [1.165, 1.54) is 0 Å². The molecule has 2 aromatic heterocycles. The van der Waals surface area contributed by atoms with E-state index < -0.39 is 5.97 Å². The van der Waals surface area contributed by atoms with Gasteiger partial charge in [0.2, 0.25) is 0 Å². The smallest absolute Gasteiger partial charge is 0.353 e. The van der Waals surface area contributed by atoms with Crippen LogP contribution in [-0.4, -0.2) is 25.8 Å². The number of aromatic carboxylic acids is 1. The molecule has 0 atom stereocenters. The molecular formula is C25H18ClN3O2. The first-order chi connectivity index (χ1) is 15.1. The highest BCUT2D eigenvalue weighted by Gasteiger charge is 2.25. The van der Waals surface area contributed by atoms with Crippen molar-refractivity contribution in [2.75, 3.05) is 0 Å². The van der Waals surface area contributed by atoms with Gasteiger partial charge in [-0.1, -0.05) is 78.3 Å². The Labute approximate surface area is 183 Å². The van der Waals surface area contributed by atoms with Crippen LogP contribution in [0.25, 0.3) is 33.3 Å². The molecule has 31 heavy (non-hydrogen) atoms. The van der Waals surface area contributed by atoms with Crippen LogP contribution in [0, 0.1) is 0 Å². The van der Waals surface area contributed by atoms with Crippen molar-refractivity contribution < 1.29 is 9.90 Å². The molecule has 6 heteroatoms. The maximum Gasteiger partial charge on any atom is 0.353 e. The molecule has 0 aliphatic rings. The van der Waals surface area contributed by atoms with Gasteiger partial charge in [-0.25, -0.2) is 4.79 Å². The first-order valence-electron chi connectivity index (χ1n) is 9.82. The quantitative estimate of drug-likeness (QED) is 0.356. The van der Waals surface area contributed by atoms with Gasteiger partial charge in [-0.2, -0.15) is 5.10 Å². The number of H-pyrrole nitrogens is 1. The SMILES string of the molecule is O=C(O)c1[nH]c2cc(Cl)ccc2c1-c1c(-c2ccccc2)cnn1Cc1ccccc1. The van der Waals surface area contributed by atoms with Crippen molar-refractivity contribution in [1.82, 2.24) is 14.8 Å². The Morgan fingerprint density at radius 1 is 1.00 bits per heavy atom. The minimum atomic E-state index is -1.03. The van der Waals surface area contributed by atoms with E-state index in [0.29, 0.717) is 22.6 Å². The third-order valence-corrected chi connectivity index (χ3v) is 5.55. The number of halogens is 1. The lowest BCUT2D eigenvalue weighted by Gasteiger charge is -2.11. The normalized spacial score (nSPS) is 11.1. The second-order valence-electron chi connectivity index (χ2n) is 7.29. The van der Waals surface area contributed by atoms with E-state index in [4.69, 9.17) is 11.6 Å². The number of hydrogen-bond donors (Lipinski definition) is 2. The summed E-state index contributed by atoms with van der Waals surface area (Å²) in [6.07, 6.45) is 1.80. The Kier molecular flexibility index (Phi) is 4.81. The molecule has 0 amide bonds. The molecule has 0 spiro atoms. The standard InChI is InChI=1S/C25H18ClN3O2/c26-18-11-12-19-21(13-18)28-23(25(30)31)22(19)24-20(17-9-5-2-6-10-17)14-27-29(24)15-16-7-3-1-4-8-16/h1-14,28H,15H2,(H,30,31). The number of aromatic nitrogens is 3. The first kappa shape index (κ1) is 19.2. The zero-order valence-corrected chi connectivity index (χ0v) is 17.2. The number of benzene rings is 3. The third kappa shape index (κ3) is 3.49. The summed E-state index contributed by atoms with van der Waals surface area (Å²) in [4.78, 5) is 15.2. The maximum absolute atomic E-state index is 12.2. The fourth-order valence-electron chi connectivity index (χ4n) is 3.93. The minimum absolute atomic E-state index is 0.115. The zero-order chi connectivity index (χ0) is 21.4. The lowest BCUT2D eigenvalue weighted by molar-refractivity contribution is 0.0692. The number of aromatic amines is 1. The van der Waals surface area contributed by atoms with E-state index >= 15 is 0 Å². The van der Waals surface area contributed by atoms with Crippen LogP contribution in [0.3, 0.4) is 0 Å². The van der Waals surface area contributed by atoms with E-state index in [0.717, 1.165) is 27.8 Å². The maximum atomic E-state index is 12.2. The Bertz CT molecular complexity index is 1390. The predicted octanol–water partition coefficient (Wildman–Crippen LogP) is 6.10. The van der Waals surface area contributed by atoms with Crippen molar-refractivity contribution in [2.24, 2.45) is 0 Å². The second-order valence-corrected chi connectivity index (χ2v) is 7.72. The van der Waals surface area contributed by atoms with Crippen molar-refractivity contribution >= 4 is 28.5 Å². The molecular weight excluding hydrogens is 410 g/mol. The van der Waals surface area contributed by atoms with Crippen LogP contribution in [0.2, 0.25) is 5.02 Å². The monoisotopic (exact) mass is 427 g/mol. The highest BCUT2D eigenvalue weighted by molar-refractivity contribution is 6.31. The number of carboxylic acid groups (broad SMARTS) is 1. The van der Waals surface area contributed by atoms with Crippen molar-refractivity contribution in [3.05, 3.63) is 101 Å². The van der Waals surface area contributed by atoms with Crippen LogP contribution < -0.4 is 0 Å². The van der Waals surface area contributed by atoms with Crippen LogP contribution in [0.4, 0.5) is 0 Å². The summed E-state index contributed by atoms with van der Waals surface area (Å²) < 4.78 is 1.86. The lowest BCUT2D eigenvalue weighted by atomic mass is 9.99. The Morgan fingerprint density at radius 2 is 1.71 bits per heavy atom. The van der Waals surface area contributed by atoms with E-state index in [1.54, 1.807) is 18.3 Å². The number of nitrogens with zero attached hydrogens (tertiary/aromatic N) is 2. The summed E-state index contributed by atoms with van der Waals surface area (Å²) in [5.41, 5.74) is 5.06. The van der Waals surface area contributed by atoms with Gasteiger partial charge in [-0.15, -0.1) is 0 Å². The van der Waals surface area contributed by atoms with E-state index in [2.05, 4.69) is 10.1 Å². The van der Waals surface area contributed by atoms with Crippen LogP contribution in [0.15, 0.2) is 85.1 Å². The van der Waals surface area contributed by atoms with Crippen LogP contribution in [-0.2, 0) is 6.54 Å². The summed E-state index contributed by atoms with van der Waals surface area (Å²) in [5, 5.41) is 16.0. The van der Waals surface area contributed by atoms with Gasteiger partial charge >= 0.3 is 5.97 Å². The first-order valence-corrected chi connectivity index (χ1v) is 10.2. The van der Waals surface area contributed by atoms with Crippen molar-refractivity contribution in [2.45, 2.75) is 6.54 Å². The van der Waals surface area contributed by atoms with Crippen LogP contribution >= 0.6 is 11.6 Å². The number of fused-ring (bicyclic) bond motifs is 1. The Morgan fingerprint density at radius 3 is 2.42 bits per heavy atom. The molecule has 0 aliphatic heterocycles. The topological polar surface area (TPSA) is 70.9 Å². The number of nitrogens with one attached hydrogen (secondary N) is 1. The molecule has 5 rings (SSSR count). The Balaban J connectivity index is 1.81. The average molecular weight is 428 g/mol. The molecule has 0 saturated heterocycles. The molecule has 3 aromatic carbocycles. The fourth-order valence-corrected chi connectivity index (χ4v) is 4.10. The van der Waals surface area contributed by atoms with Crippen molar-refractivity contribution in [3.8, 4) is 22.4 Å². The van der Waals surface area contributed by atoms with Gasteiger partial charge in [0, 0.05) is 27.1 Å². The second kappa shape index (κ2) is 7.78. The number of carbonyl (C=O) groups is 1. The molecule has 0 radical (unpaired) electrons. The number of hydrogen-bond acceptors (Lipinski definition) is 2. The average Bonchev–Trinajstić information content (AvgIpc) is 3.35. The van der Waals surface area contributed by atoms with Crippen LogP contribution in [0.1, 0.15) is 16.1 Å². The molecule has 2 N–H and O–H groups in total. The molecule has 5 nitrogen and oxygen atoms in total. The van der Waals surface area contributed by atoms with Gasteiger partial charge in [-0.05, 0) is 23.3 Å². The highest BCUT2D eigenvalue weighted by atomic mass is 35.5. The summed E-state index contributed by atoms with van der Waals surface area (Å²) >= 11 is 6.17. The van der Waals surface area contributed by atoms with Gasteiger partial charge < -0.3 is 10.1 Å².